The normalized spacial score (nSPS) is 17.2. The maximum absolute atomic E-state index is 12.6. The van der Waals surface area contributed by atoms with Gasteiger partial charge in [-0.15, -0.1) is 0 Å². The first-order chi connectivity index (χ1) is 11.0. The Balaban J connectivity index is 1.83. The molecular weight excluding hydrogens is 298 g/mol. The number of rotatable bonds is 4. The van der Waals surface area contributed by atoms with Gasteiger partial charge in [0.2, 0.25) is 5.89 Å². The molecule has 1 fully saturated rings. The Morgan fingerprint density at radius 2 is 2.04 bits per heavy atom. The predicted octanol–water partition coefficient (Wildman–Crippen LogP) is 2.49. The number of carbonyl (C=O) groups is 1. The van der Waals surface area contributed by atoms with Crippen molar-refractivity contribution in [3.63, 3.8) is 0 Å². The van der Waals surface area contributed by atoms with Crippen LogP contribution in [0.25, 0.3) is 0 Å². The van der Waals surface area contributed by atoms with E-state index in [9.17, 15) is 4.79 Å². The Kier molecular flexibility index (Phi) is 4.47. The molecule has 0 unspecified atom stereocenters. The SMILES string of the molecule is Cc1noc([C@H](NC(=O)c2oc(C)cc2C)C2CCOCC2)n1. The van der Waals surface area contributed by atoms with Crippen molar-refractivity contribution >= 4 is 5.91 Å². The van der Waals surface area contributed by atoms with Gasteiger partial charge in [-0.05, 0) is 45.6 Å². The smallest absolute Gasteiger partial charge is 0.287 e. The summed E-state index contributed by atoms with van der Waals surface area (Å²) in [4.78, 5) is 16.9. The summed E-state index contributed by atoms with van der Waals surface area (Å²) >= 11 is 0. The van der Waals surface area contributed by atoms with Crippen LogP contribution in [0.3, 0.4) is 0 Å². The van der Waals surface area contributed by atoms with Crippen LogP contribution in [-0.2, 0) is 4.74 Å². The summed E-state index contributed by atoms with van der Waals surface area (Å²) in [6.45, 7) is 6.77. The van der Waals surface area contributed by atoms with Crippen molar-refractivity contribution in [3.8, 4) is 0 Å². The van der Waals surface area contributed by atoms with E-state index < -0.39 is 0 Å². The molecule has 2 aromatic rings. The van der Waals surface area contributed by atoms with Gasteiger partial charge in [0.25, 0.3) is 5.91 Å². The average Bonchev–Trinajstić information content (AvgIpc) is 3.11. The largest absolute Gasteiger partial charge is 0.456 e. The molecule has 0 aliphatic carbocycles. The zero-order valence-electron chi connectivity index (χ0n) is 13.6. The van der Waals surface area contributed by atoms with Crippen LogP contribution in [-0.4, -0.2) is 29.3 Å². The number of amides is 1. The number of furan rings is 1. The van der Waals surface area contributed by atoms with Crippen molar-refractivity contribution in [2.24, 2.45) is 5.92 Å². The molecule has 1 N–H and O–H groups in total. The van der Waals surface area contributed by atoms with Gasteiger partial charge in [0.15, 0.2) is 11.6 Å². The first-order valence-corrected chi connectivity index (χ1v) is 7.80. The monoisotopic (exact) mass is 319 g/mol. The summed E-state index contributed by atoms with van der Waals surface area (Å²) in [7, 11) is 0. The summed E-state index contributed by atoms with van der Waals surface area (Å²) in [6, 6.07) is 1.51. The van der Waals surface area contributed by atoms with Crippen molar-refractivity contribution in [1.29, 1.82) is 0 Å². The Morgan fingerprint density at radius 3 is 2.61 bits per heavy atom. The maximum Gasteiger partial charge on any atom is 0.287 e. The zero-order valence-corrected chi connectivity index (χ0v) is 13.6. The van der Waals surface area contributed by atoms with E-state index in [0.29, 0.717) is 36.4 Å². The van der Waals surface area contributed by atoms with Gasteiger partial charge >= 0.3 is 0 Å². The van der Waals surface area contributed by atoms with E-state index in [1.165, 1.54) is 0 Å². The molecule has 0 spiro atoms. The molecule has 1 atom stereocenters. The molecule has 0 saturated carbocycles. The number of aromatic nitrogens is 2. The number of nitrogens with one attached hydrogen (secondary N) is 1. The highest BCUT2D eigenvalue weighted by Crippen LogP contribution is 2.30. The van der Waals surface area contributed by atoms with Crippen molar-refractivity contribution in [2.75, 3.05) is 13.2 Å². The highest BCUT2D eigenvalue weighted by atomic mass is 16.5. The fraction of sp³-hybridized carbons (Fsp3) is 0.562. The molecule has 7 nitrogen and oxygen atoms in total. The standard InChI is InChI=1S/C16H21N3O4/c1-9-8-10(2)22-14(9)15(20)18-13(12-4-6-21-7-5-12)16-17-11(3)19-23-16/h8,12-13H,4-7H2,1-3H3,(H,18,20)/t13-/m1/s1. The minimum absolute atomic E-state index is 0.198. The number of nitrogens with zero attached hydrogens (tertiary/aromatic N) is 2. The van der Waals surface area contributed by atoms with Gasteiger partial charge in [-0.3, -0.25) is 4.79 Å². The van der Waals surface area contributed by atoms with Crippen LogP contribution in [0.15, 0.2) is 15.0 Å². The molecular formula is C16H21N3O4. The van der Waals surface area contributed by atoms with Crippen molar-refractivity contribution in [2.45, 2.75) is 39.7 Å². The zero-order chi connectivity index (χ0) is 16.4. The lowest BCUT2D eigenvalue weighted by atomic mass is 9.91. The van der Waals surface area contributed by atoms with E-state index in [0.717, 1.165) is 18.4 Å². The Hall–Kier alpha value is -2.15. The van der Waals surface area contributed by atoms with Crippen LogP contribution >= 0.6 is 0 Å². The molecule has 3 heterocycles. The van der Waals surface area contributed by atoms with Crippen LogP contribution in [0.1, 0.15) is 52.5 Å². The molecule has 1 saturated heterocycles. The third kappa shape index (κ3) is 3.44. The molecule has 0 radical (unpaired) electrons. The third-order valence-electron chi connectivity index (χ3n) is 4.08. The van der Waals surface area contributed by atoms with Gasteiger partial charge in [0.1, 0.15) is 11.8 Å². The van der Waals surface area contributed by atoms with Crippen LogP contribution in [0.5, 0.6) is 0 Å². The van der Waals surface area contributed by atoms with Crippen LogP contribution in [0, 0.1) is 26.7 Å². The van der Waals surface area contributed by atoms with Crippen LogP contribution in [0.4, 0.5) is 0 Å². The van der Waals surface area contributed by atoms with E-state index in [1.54, 1.807) is 6.92 Å². The van der Waals surface area contributed by atoms with E-state index >= 15 is 0 Å². The lowest BCUT2D eigenvalue weighted by molar-refractivity contribution is 0.0463. The minimum Gasteiger partial charge on any atom is -0.456 e. The Morgan fingerprint density at radius 1 is 1.30 bits per heavy atom. The van der Waals surface area contributed by atoms with Crippen LogP contribution < -0.4 is 5.32 Å². The molecule has 0 aromatic carbocycles. The van der Waals surface area contributed by atoms with Gasteiger partial charge in [-0.25, -0.2) is 0 Å². The van der Waals surface area contributed by atoms with Gasteiger partial charge in [-0.2, -0.15) is 4.98 Å². The lowest BCUT2D eigenvalue weighted by Gasteiger charge is -2.28. The number of hydrogen-bond donors (Lipinski definition) is 1. The molecule has 3 rings (SSSR count). The van der Waals surface area contributed by atoms with Crippen molar-refractivity contribution < 1.29 is 18.5 Å². The van der Waals surface area contributed by atoms with E-state index in [4.69, 9.17) is 13.7 Å². The second-order valence-electron chi connectivity index (χ2n) is 5.95. The van der Waals surface area contributed by atoms with Crippen molar-refractivity contribution in [3.05, 3.63) is 34.9 Å². The number of aryl methyl sites for hydroxylation is 3. The fourth-order valence-corrected chi connectivity index (χ4v) is 2.94. The summed E-state index contributed by atoms with van der Waals surface area (Å²) < 4.78 is 16.2. The van der Waals surface area contributed by atoms with E-state index in [-0.39, 0.29) is 17.9 Å². The van der Waals surface area contributed by atoms with E-state index in [2.05, 4.69) is 15.5 Å². The van der Waals surface area contributed by atoms with Gasteiger partial charge in [0.05, 0.1) is 0 Å². The van der Waals surface area contributed by atoms with Crippen LogP contribution in [0.2, 0.25) is 0 Å². The average molecular weight is 319 g/mol. The quantitative estimate of drug-likeness (QED) is 0.931. The molecule has 1 aliphatic rings. The van der Waals surface area contributed by atoms with E-state index in [1.807, 2.05) is 19.9 Å². The third-order valence-corrected chi connectivity index (χ3v) is 4.08. The highest BCUT2D eigenvalue weighted by molar-refractivity contribution is 5.93. The molecule has 2 aromatic heterocycles. The number of carbonyl (C=O) groups excluding carboxylic acids is 1. The number of hydrogen-bond acceptors (Lipinski definition) is 6. The second-order valence-corrected chi connectivity index (χ2v) is 5.95. The molecule has 23 heavy (non-hydrogen) atoms. The van der Waals surface area contributed by atoms with Gasteiger partial charge in [-0.1, -0.05) is 5.16 Å². The summed E-state index contributed by atoms with van der Waals surface area (Å²) in [5.74, 6) is 1.96. The highest BCUT2D eigenvalue weighted by Gasteiger charge is 2.32. The molecule has 124 valence electrons. The Bertz CT molecular complexity index is 685. The predicted molar refractivity (Wildman–Crippen MR) is 81.0 cm³/mol. The van der Waals surface area contributed by atoms with Crippen molar-refractivity contribution in [1.82, 2.24) is 15.5 Å². The molecule has 0 bridgehead atoms. The first-order valence-electron chi connectivity index (χ1n) is 7.80. The molecule has 1 amide bonds. The molecule has 7 heteroatoms. The summed E-state index contributed by atoms with van der Waals surface area (Å²) in [5.41, 5.74) is 0.812. The first kappa shape index (κ1) is 15.7. The summed E-state index contributed by atoms with van der Waals surface area (Å²) in [5, 5.41) is 6.84. The summed E-state index contributed by atoms with van der Waals surface area (Å²) in [6.07, 6.45) is 1.67. The van der Waals surface area contributed by atoms with Gasteiger partial charge in [0, 0.05) is 18.8 Å². The topological polar surface area (TPSA) is 90.4 Å². The maximum atomic E-state index is 12.6. The molecule has 1 aliphatic heterocycles. The fourth-order valence-electron chi connectivity index (χ4n) is 2.94. The van der Waals surface area contributed by atoms with Gasteiger partial charge < -0.3 is 19.0 Å². The Labute approximate surface area is 134 Å². The minimum atomic E-state index is -0.336. The lowest BCUT2D eigenvalue weighted by Crippen LogP contribution is -2.36. The second kappa shape index (κ2) is 6.54. The number of ether oxygens (including phenoxy) is 1.